The summed E-state index contributed by atoms with van der Waals surface area (Å²) >= 11 is 6.03. The zero-order valence-corrected chi connectivity index (χ0v) is 22.1. The van der Waals surface area contributed by atoms with Crippen LogP contribution in [0.2, 0.25) is 5.02 Å². The van der Waals surface area contributed by atoms with Crippen LogP contribution < -0.4 is 10.1 Å². The molecule has 0 spiro atoms. The Morgan fingerprint density at radius 2 is 1.92 bits per heavy atom. The number of aromatic nitrogens is 3. The number of nitrogens with one attached hydrogen (secondary N) is 1. The number of pyridine rings is 1. The van der Waals surface area contributed by atoms with E-state index in [1.54, 1.807) is 55.8 Å². The molecule has 4 rings (SSSR count). The van der Waals surface area contributed by atoms with Crippen LogP contribution in [-0.4, -0.2) is 69.3 Å². The molecule has 3 aromatic rings. The molecule has 1 saturated heterocycles. The van der Waals surface area contributed by atoms with Crippen molar-refractivity contribution in [1.29, 1.82) is 0 Å². The summed E-state index contributed by atoms with van der Waals surface area (Å²) in [5, 5.41) is 11.1. The number of likely N-dealkylation sites (tertiary alicyclic amines) is 1. The Labute approximate surface area is 226 Å². The maximum atomic E-state index is 13.1. The molecule has 1 fully saturated rings. The van der Waals surface area contributed by atoms with Gasteiger partial charge < -0.3 is 23.6 Å². The van der Waals surface area contributed by atoms with Gasteiger partial charge in [0.25, 0.3) is 5.91 Å². The SMILES string of the molecule is CC(C)(C)OC(=O)N1C[C@@H](NC(=O)c2cc3ccc(Cl)cn3c2)CC[C@@H]1c1nnc(OCCOC(F)(F)F)o1. The number of rotatable bonds is 7. The highest BCUT2D eigenvalue weighted by Gasteiger charge is 2.39. The van der Waals surface area contributed by atoms with Gasteiger partial charge >= 0.3 is 18.5 Å². The number of ether oxygens (including phenoxy) is 3. The summed E-state index contributed by atoms with van der Waals surface area (Å²) in [6.07, 6.45) is -1.66. The number of hydrogen-bond donors (Lipinski definition) is 1. The van der Waals surface area contributed by atoms with Gasteiger partial charge in [0.2, 0.25) is 5.89 Å². The average Bonchev–Trinajstić information content (AvgIpc) is 3.47. The number of hydrogen-bond acceptors (Lipinski definition) is 8. The van der Waals surface area contributed by atoms with Crippen molar-refractivity contribution in [3.05, 3.63) is 47.1 Å². The van der Waals surface area contributed by atoms with Gasteiger partial charge in [-0.3, -0.25) is 14.4 Å². The molecule has 1 aliphatic rings. The molecule has 39 heavy (non-hydrogen) atoms. The molecule has 1 aliphatic heterocycles. The Morgan fingerprint density at radius 1 is 1.15 bits per heavy atom. The van der Waals surface area contributed by atoms with Crippen molar-refractivity contribution in [1.82, 2.24) is 24.8 Å². The van der Waals surface area contributed by atoms with E-state index < -0.39 is 43.4 Å². The minimum absolute atomic E-state index is 0.0212. The van der Waals surface area contributed by atoms with Crippen LogP contribution in [0.3, 0.4) is 0 Å². The first-order valence-corrected chi connectivity index (χ1v) is 12.4. The normalized spacial score (nSPS) is 18.3. The van der Waals surface area contributed by atoms with Crippen molar-refractivity contribution in [2.75, 3.05) is 19.8 Å². The molecule has 0 bridgehead atoms. The molecular formula is C24H27ClF3N5O6. The second kappa shape index (κ2) is 11.3. The minimum atomic E-state index is -4.78. The molecular weight excluding hydrogens is 547 g/mol. The monoisotopic (exact) mass is 573 g/mol. The molecule has 1 N–H and O–H groups in total. The summed E-state index contributed by atoms with van der Waals surface area (Å²) in [7, 11) is 0. The van der Waals surface area contributed by atoms with Crippen LogP contribution in [0.25, 0.3) is 5.52 Å². The van der Waals surface area contributed by atoms with E-state index in [0.717, 1.165) is 5.52 Å². The number of alkyl halides is 3. The fourth-order valence-corrected chi connectivity index (χ4v) is 4.21. The smallest absolute Gasteiger partial charge is 0.447 e. The van der Waals surface area contributed by atoms with Gasteiger partial charge in [-0.2, -0.15) is 0 Å². The highest BCUT2D eigenvalue weighted by atomic mass is 35.5. The van der Waals surface area contributed by atoms with Crippen LogP contribution in [-0.2, 0) is 9.47 Å². The molecule has 0 radical (unpaired) electrons. The molecule has 0 aromatic carbocycles. The highest BCUT2D eigenvalue weighted by molar-refractivity contribution is 6.30. The van der Waals surface area contributed by atoms with Gasteiger partial charge in [0.1, 0.15) is 18.2 Å². The predicted molar refractivity (Wildman–Crippen MR) is 130 cm³/mol. The Hall–Kier alpha value is -3.52. The van der Waals surface area contributed by atoms with Crippen molar-refractivity contribution < 1.29 is 41.4 Å². The van der Waals surface area contributed by atoms with E-state index in [2.05, 4.69) is 20.3 Å². The third-order valence-electron chi connectivity index (χ3n) is 5.64. The van der Waals surface area contributed by atoms with Gasteiger partial charge in [-0.05, 0) is 51.8 Å². The summed E-state index contributed by atoms with van der Waals surface area (Å²) in [5.74, 6) is -0.301. The van der Waals surface area contributed by atoms with E-state index >= 15 is 0 Å². The number of piperidine rings is 1. The second-order valence-electron chi connectivity index (χ2n) is 9.85. The van der Waals surface area contributed by atoms with Crippen LogP contribution in [0.1, 0.15) is 55.9 Å². The first-order valence-electron chi connectivity index (χ1n) is 12.0. The zero-order chi connectivity index (χ0) is 28.4. The van der Waals surface area contributed by atoms with E-state index in [-0.39, 0.29) is 24.4 Å². The van der Waals surface area contributed by atoms with Gasteiger partial charge in [0.05, 0.1) is 17.2 Å². The Balaban J connectivity index is 1.44. The quantitative estimate of drug-likeness (QED) is 0.402. The number of carbonyl (C=O) groups excluding carboxylic acids is 2. The zero-order valence-electron chi connectivity index (χ0n) is 21.3. The summed E-state index contributed by atoms with van der Waals surface area (Å²) in [4.78, 5) is 27.5. The van der Waals surface area contributed by atoms with Crippen molar-refractivity contribution >= 4 is 29.1 Å². The lowest BCUT2D eigenvalue weighted by Crippen LogP contribution is -2.52. The molecule has 212 valence electrons. The minimum Gasteiger partial charge on any atom is -0.447 e. The number of halogens is 4. The molecule has 2 atom stereocenters. The van der Waals surface area contributed by atoms with Crippen LogP contribution in [0.4, 0.5) is 18.0 Å². The van der Waals surface area contributed by atoms with Gasteiger partial charge in [-0.15, -0.1) is 18.3 Å². The number of fused-ring (bicyclic) bond motifs is 1. The van der Waals surface area contributed by atoms with Crippen molar-refractivity contribution in [2.45, 2.75) is 57.7 Å². The fraction of sp³-hybridized carbons (Fsp3) is 0.500. The molecule has 15 heteroatoms. The third kappa shape index (κ3) is 7.76. The van der Waals surface area contributed by atoms with E-state index in [4.69, 9.17) is 25.5 Å². The molecule has 0 unspecified atom stereocenters. The summed E-state index contributed by atoms with van der Waals surface area (Å²) in [6, 6.07) is 4.13. The van der Waals surface area contributed by atoms with Gasteiger partial charge in [-0.1, -0.05) is 16.7 Å². The van der Waals surface area contributed by atoms with E-state index in [0.29, 0.717) is 23.4 Å². The lowest BCUT2D eigenvalue weighted by Gasteiger charge is -2.38. The molecule has 2 amide bonds. The Kier molecular flexibility index (Phi) is 8.25. The van der Waals surface area contributed by atoms with Crippen LogP contribution in [0.15, 0.2) is 35.0 Å². The van der Waals surface area contributed by atoms with Crippen LogP contribution in [0.5, 0.6) is 6.08 Å². The maximum Gasteiger partial charge on any atom is 0.522 e. The standard InChI is InChI=1S/C24H27ClF3N5O6/c1-23(2,3)39-22(35)33-13-16(29-19(34)14-10-17-6-4-15(25)12-32(17)11-14)5-7-18(33)20-30-31-21(38-20)36-8-9-37-24(26,27)28/h4,6,10-12,16,18H,5,7-9,13H2,1-3H3,(H,29,34)/t16-,18+/m0/s1. The molecule has 3 aromatic heterocycles. The summed E-state index contributed by atoms with van der Waals surface area (Å²) < 4.78 is 57.8. The van der Waals surface area contributed by atoms with E-state index in [9.17, 15) is 22.8 Å². The lowest BCUT2D eigenvalue weighted by atomic mass is 9.98. The van der Waals surface area contributed by atoms with Crippen LogP contribution >= 0.6 is 11.6 Å². The van der Waals surface area contributed by atoms with E-state index in [1.807, 2.05) is 0 Å². The molecule has 4 heterocycles. The first-order chi connectivity index (χ1) is 18.3. The van der Waals surface area contributed by atoms with Gasteiger partial charge in [0.15, 0.2) is 0 Å². The Morgan fingerprint density at radius 3 is 2.64 bits per heavy atom. The second-order valence-corrected chi connectivity index (χ2v) is 10.3. The third-order valence-corrected chi connectivity index (χ3v) is 5.87. The van der Waals surface area contributed by atoms with Gasteiger partial charge in [-0.25, -0.2) is 4.79 Å². The highest BCUT2D eigenvalue weighted by Crippen LogP contribution is 2.33. The fourth-order valence-electron chi connectivity index (χ4n) is 4.04. The number of carbonyl (C=O) groups is 2. The van der Waals surface area contributed by atoms with E-state index in [1.165, 1.54) is 4.90 Å². The number of nitrogens with zero attached hydrogens (tertiary/aromatic N) is 4. The van der Waals surface area contributed by atoms with Crippen molar-refractivity contribution in [2.24, 2.45) is 0 Å². The van der Waals surface area contributed by atoms with Crippen molar-refractivity contribution in [3.8, 4) is 6.08 Å². The number of amides is 2. The summed E-state index contributed by atoms with van der Waals surface area (Å²) in [6.45, 7) is 4.00. The molecule has 11 nitrogen and oxygen atoms in total. The molecule has 0 aliphatic carbocycles. The first kappa shape index (κ1) is 28.5. The Bertz CT molecular complexity index is 1320. The van der Waals surface area contributed by atoms with Crippen molar-refractivity contribution in [3.63, 3.8) is 0 Å². The topological polar surface area (TPSA) is 120 Å². The largest absolute Gasteiger partial charge is 0.522 e. The maximum absolute atomic E-state index is 13.1. The van der Waals surface area contributed by atoms with Crippen LogP contribution in [0, 0.1) is 0 Å². The van der Waals surface area contributed by atoms with Gasteiger partial charge in [0, 0.05) is 30.5 Å². The average molecular weight is 574 g/mol. The predicted octanol–water partition coefficient (Wildman–Crippen LogP) is 4.76. The molecule has 0 saturated carbocycles. The lowest BCUT2D eigenvalue weighted by molar-refractivity contribution is -0.325. The summed E-state index contributed by atoms with van der Waals surface area (Å²) in [5.41, 5.74) is 0.423.